The van der Waals surface area contributed by atoms with Crippen molar-refractivity contribution in [1.29, 1.82) is 0 Å². The Kier molecular flexibility index (Phi) is 7.57. The van der Waals surface area contributed by atoms with E-state index in [9.17, 15) is 9.59 Å². The van der Waals surface area contributed by atoms with Gasteiger partial charge in [0.25, 0.3) is 5.91 Å². The normalized spacial score (nSPS) is 16.2. The van der Waals surface area contributed by atoms with Gasteiger partial charge in [-0.3, -0.25) is 9.59 Å². The smallest absolute Gasteiger partial charge is 0.254 e. The Morgan fingerprint density at radius 3 is 2.52 bits per heavy atom. The van der Waals surface area contributed by atoms with E-state index in [1.807, 2.05) is 55.1 Å². The first-order valence-electron chi connectivity index (χ1n) is 11.1. The van der Waals surface area contributed by atoms with Crippen LogP contribution in [0, 0.1) is 0 Å². The summed E-state index contributed by atoms with van der Waals surface area (Å²) in [4.78, 5) is 32.0. The monoisotopic (exact) mass is 544 g/mol. The topological polar surface area (TPSA) is 40.6 Å². The molecule has 2 atom stereocenters. The van der Waals surface area contributed by atoms with Gasteiger partial charge in [0.15, 0.2) is 0 Å². The maximum Gasteiger partial charge on any atom is 0.254 e. The predicted octanol–water partition coefficient (Wildman–Crippen LogP) is 6.58. The minimum absolute atomic E-state index is 0.0439. The van der Waals surface area contributed by atoms with Crippen LogP contribution in [0.1, 0.15) is 52.7 Å². The maximum absolute atomic E-state index is 13.7. The molecule has 4 nitrogen and oxygen atoms in total. The van der Waals surface area contributed by atoms with Crippen LogP contribution in [0.15, 0.2) is 64.5 Å². The number of rotatable bonds is 6. The van der Waals surface area contributed by atoms with Gasteiger partial charge in [-0.15, -0.1) is 11.3 Å². The van der Waals surface area contributed by atoms with Crippen LogP contribution in [0.4, 0.5) is 0 Å². The molecular weight excluding hydrogens is 520 g/mol. The molecule has 0 radical (unpaired) electrons. The third-order valence-corrected chi connectivity index (χ3v) is 8.03. The number of hydrogen-bond acceptors (Lipinski definition) is 3. The summed E-state index contributed by atoms with van der Waals surface area (Å²) < 4.78 is 0.913. The summed E-state index contributed by atoms with van der Waals surface area (Å²) in [7, 11) is 0. The molecule has 33 heavy (non-hydrogen) atoms. The summed E-state index contributed by atoms with van der Waals surface area (Å²) in [5.41, 5.74) is 2.77. The zero-order chi connectivity index (χ0) is 23.5. The Hall–Kier alpha value is -2.15. The number of nitrogens with zero attached hydrogens (tertiary/aromatic N) is 2. The molecule has 3 aromatic rings. The average molecular weight is 546 g/mol. The van der Waals surface area contributed by atoms with Crippen LogP contribution in [-0.2, 0) is 11.2 Å². The van der Waals surface area contributed by atoms with E-state index in [1.54, 1.807) is 28.4 Å². The molecule has 1 aliphatic rings. The Bertz CT molecular complexity index is 1130. The SMILES string of the molecule is CCC(C)N(CC(=O)N1CCc2sccc2C1c1ccc(Cl)cc1)C(=O)c1ccc(Br)cc1. The van der Waals surface area contributed by atoms with Crippen molar-refractivity contribution in [2.45, 2.75) is 38.8 Å². The van der Waals surface area contributed by atoms with Crippen LogP contribution in [0.3, 0.4) is 0 Å². The van der Waals surface area contributed by atoms with Gasteiger partial charge in [-0.05, 0) is 78.7 Å². The molecule has 0 fully saturated rings. The first-order valence-corrected chi connectivity index (χ1v) is 13.1. The lowest BCUT2D eigenvalue weighted by molar-refractivity contribution is -0.134. The molecule has 172 valence electrons. The molecule has 2 heterocycles. The van der Waals surface area contributed by atoms with E-state index in [0.29, 0.717) is 17.1 Å². The lowest BCUT2D eigenvalue weighted by atomic mass is 9.93. The third kappa shape index (κ3) is 5.18. The summed E-state index contributed by atoms with van der Waals surface area (Å²) in [6, 6.07) is 16.9. The second-order valence-corrected chi connectivity index (χ2v) is 10.6. The number of carbonyl (C=O) groups excluding carboxylic acids is 2. The number of fused-ring (bicyclic) bond motifs is 1. The van der Waals surface area contributed by atoms with Crippen molar-refractivity contribution < 1.29 is 9.59 Å². The van der Waals surface area contributed by atoms with Gasteiger partial charge in [-0.25, -0.2) is 0 Å². The number of halogens is 2. The van der Waals surface area contributed by atoms with E-state index in [2.05, 4.69) is 27.4 Å². The van der Waals surface area contributed by atoms with Crippen LogP contribution in [0.25, 0.3) is 0 Å². The summed E-state index contributed by atoms with van der Waals surface area (Å²) in [6.07, 6.45) is 1.59. The quantitative estimate of drug-likeness (QED) is 0.351. The first-order chi connectivity index (χ1) is 15.9. The Morgan fingerprint density at radius 1 is 1.15 bits per heavy atom. The van der Waals surface area contributed by atoms with Gasteiger partial charge in [0.05, 0.1) is 6.04 Å². The molecule has 0 saturated heterocycles. The fourth-order valence-electron chi connectivity index (χ4n) is 4.23. The molecule has 2 amide bonds. The molecule has 0 saturated carbocycles. The second-order valence-electron chi connectivity index (χ2n) is 8.29. The number of amides is 2. The van der Waals surface area contributed by atoms with E-state index >= 15 is 0 Å². The molecule has 2 unspecified atom stereocenters. The maximum atomic E-state index is 13.7. The lowest BCUT2D eigenvalue weighted by Gasteiger charge is -2.38. The van der Waals surface area contributed by atoms with Crippen LogP contribution in [0.2, 0.25) is 5.02 Å². The molecule has 0 aliphatic carbocycles. The fourth-order valence-corrected chi connectivity index (χ4v) is 5.53. The molecule has 0 N–H and O–H groups in total. The Morgan fingerprint density at radius 2 is 1.85 bits per heavy atom. The highest BCUT2D eigenvalue weighted by Crippen LogP contribution is 2.38. The van der Waals surface area contributed by atoms with Gasteiger partial charge in [-0.2, -0.15) is 0 Å². The van der Waals surface area contributed by atoms with Crippen molar-refractivity contribution in [1.82, 2.24) is 9.80 Å². The lowest BCUT2D eigenvalue weighted by Crippen LogP contribution is -2.49. The molecule has 0 bridgehead atoms. The fraction of sp³-hybridized carbons (Fsp3) is 0.308. The van der Waals surface area contributed by atoms with Crippen LogP contribution in [0.5, 0.6) is 0 Å². The van der Waals surface area contributed by atoms with Crippen molar-refractivity contribution >= 4 is 50.7 Å². The molecule has 1 aliphatic heterocycles. The average Bonchev–Trinajstić information content (AvgIpc) is 3.31. The zero-order valence-corrected chi connectivity index (χ0v) is 21.8. The van der Waals surface area contributed by atoms with Crippen LogP contribution >= 0.6 is 38.9 Å². The zero-order valence-electron chi connectivity index (χ0n) is 18.6. The van der Waals surface area contributed by atoms with E-state index in [1.165, 1.54) is 4.88 Å². The predicted molar refractivity (Wildman–Crippen MR) is 138 cm³/mol. The van der Waals surface area contributed by atoms with E-state index in [0.717, 1.165) is 28.4 Å². The van der Waals surface area contributed by atoms with Gasteiger partial charge in [-0.1, -0.05) is 46.6 Å². The molecule has 7 heteroatoms. The van der Waals surface area contributed by atoms with E-state index in [-0.39, 0.29) is 30.4 Å². The molecule has 0 spiro atoms. The summed E-state index contributed by atoms with van der Waals surface area (Å²) in [5, 5.41) is 2.75. The van der Waals surface area contributed by atoms with Gasteiger partial charge in [0.2, 0.25) is 5.91 Å². The molecule has 4 rings (SSSR count). The van der Waals surface area contributed by atoms with Crippen molar-refractivity contribution in [3.05, 3.63) is 91.0 Å². The van der Waals surface area contributed by atoms with E-state index < -0.39 is 0 Å². The Labute approximate surface area is 212 Å². The molecule has 1 aromatic heterocycles. The van der Waals surface area contributed by atoms with Crippen molar-refractivity contribution in [2.24, 2.45) is 0 Å². The highest BCUT2D eigenvalue weighted by atomic mass is 79.9. The number of hydrogen-bond donors (Lipinski definition) is 0. The van der Waals surface area contributed by atoms with Crippen molar-refractivity contribution in [3.8, 4) is 0 Å². The second kappa shape index (κ2) is 10.4. The Balaban J connectivity index is 1.63. The van der Waals surface area contributed by atoms with Crippen molar-refractivity contribution in [3.63, 3.8) is 0 Å². The highest BCUT2D eigenvalue weighted by molar-refractivity contribution is 9.10. The van der Waals surface area contributed by atoms with E-state index in [4.69, 9.17) is 11.6 Å². The summed E-state index contributed by atoms with van der Waals surface area (Å²) in [6.45, 7) is 4.70. The molecule has 2 aromatic carbocycles. The standard InChI is InChI=1S/C26H26BrClN2O2S/c1-3-17(2)30(26(32)19-4-8-20(27)9-5-19)16-24(31)29-14-12-23-22(13-15-33-23)25(29)18-6-10-21(28)11-7-18/h4-11,13,15,17,25H,3,12,14,16H2,1-2H3. The largest absolute Gasteiger partial charge is 0.330 e. The minimum atomic E-state index is -0.175. The van der Waals surface area contributed by atoms with Crippen LogP contribution in [-0.4, -0.2) is 40.7 Å². The van der Waals surface area contributed by atoms with Crippen molar-refractivity contribution in [2.75, 3.05) is 13.1 Å². The van der Waals surface area contributed by atoms with Gasteiger partial charge in [0.1, 0.15) is 6.54 Å². The van der Waals surface area contributed by atoms with Gasteiger partial charge in [0, 0.05) is 32.5 Å². The van der Waals surface area contributed by atoms with Crippen LogP contribution < -0.4 is 0 Å². The number of thiophene rings is 1. The molecular formula is C26H26BrClN2O2S. The minimum Gasteiger partial charge on any atom is -0.330 e. The number of carbonyl (C=O) groups is 2. The van der Waals surface area contributed by atoms with Gasteiger partial charge < -0.3 is 9.80 Å². The summed E-state index contributed by atoms with van der Waals surface area (Å²) in [5.74, 6) is -0.168. The van der Waals surface area contributed by atoms with Gasteiger partial charge >= 0.3 is 0 Å². The third-order valence-electron chi connectivity index (χ3n) is 6.25. The highest BCUT2D eigenvalue weighted by Gasteiger charge is 2.34. The first kappa shape index (κ1) is 24.0. The number of benzene rings is 2. The summed E-state index contributed by atoms with van der Waals surface area (Å²) >= 11 is 11.3.